The van der Waals surface area contributed by atoms with Gasteiger partial charge in [0.05, 0.1) is 24.7 Å². The Morgan fingerprint density at radius 2 is 2.00 bits per heavy atom. The number of nitrogens with zero attached hydrogens (tertiary/aromatic N) is 4. The highest BCUT2D eigenvalue weighted by atomic mass is 32.2. The quantitative estimate of drug-likeness (QED) is 0.663. The first-order valence-corrected chi connectivity index (χ1v) is 12.0. The van der Waals surface area contributed by atoms with E-state index in [0.717, 1.165) is 24.4 Å². The lowest BCUT2D eigenvalue weighted by Gasteiger charge is -2.18. The van der Waals surface area contributed by atoms with Crippen molar-refractivity contribution in [1.82, 2.24) is 24.6 Å². The molecule has 1 aromatic heterocycles. The largest absolute Gasteiger partial charge is 0.351 e. The Morgan fingerprint density at radius 3 is 2.62 bits per heavy atom. The molecule has 8 nitrogen and oxygen atoms in total. The van der Waals surface area contributed by atoms with E-state index in [4.69, 9.17) is 17.3 Å². The number of sulfone groups is 1. The molecule has 29 heavy (non-hydrogen) atoms. The van der Waals surface area contributed by atoms with Gasteiger partial charge in [0, 0.05) is 17.6 Å². The standard InChI is InChI=1S/C19H25N5O3S2/c1-22(11-17(25)20-15-9-10-29(26,27)12-15)13-23-19(28)24(16-5-3-2-4-6-16)18(21-23)14-7-8-14/h2-6,14-15H,7-13H2,1H3,(H,20,25). The van der Waals surface area contributed by atoms with Gasteiger partial charge in [-0.25, -0.2) is 13.1 Å². The van der Waals surface area contributed by atoms with Crippen LogP contribution in [0.15, 0.2) is 30.3 Å². The van der Waals surface area contributed by atoms with Gasteiger partial charge in [0.1, 0.15) is 5.82 Å². The fourth-order valence-electron chi connectivity index (χ4n) is 3.65. The fraction of sp³-hybridized carbons (Fsp3) is 0.526. The summed E-state index contributed by atoms with van der Waals surface area (Å²) in [6, 6.07) is 9.66. The van der Waals surface area contributed by atoms with Gasteiger partial charge in [0.25, 0.3) is 0 Å². The number of rotatable bonds is 7. The van der Waals surface area contributed by atoms with Crippen molar-refractivity contribution in [3.63, 3.8) is 0 Å². The minimum atomic E-state index is -3.01. The van der Waals surface area contributed by atoms with E-state index >= 15 is 0 Å². The summed E-state index contributed by atoms with van der Waals surface area (Å²) in [6.45, 7) is 0.532. The van der Waals surface area contributed by atoms with E-state index in [2.05, 4.69) is 5.32 Å². The molecule has 156 valence electrons. The van der Waals surface area contributed by atoms with E-state index in [1.165, 1.54) is 0 Å². The molecule has 0 radical (unpaired) electrons. The number of para-hydroxylation sites is 1. The molecule has 2 heterocycles. The maximum atomic E-state index is 12.3. The molecule has 1 saturated heterocycles. The van der Waals surface area contributed by atoms with Crippen molar-refractivity contribution >= 4 is 28.0 Å². The second kappa shape index (κ2) is 8.00. The molecule has 1 aliphatic carbocycles. The zero-order valence-electron chi connectivity index (χ0n) is 16.3. The molecule has 2 aromatic rings. The van der Waals surface area contributed by atoms with Crippen molar-refractivity contribution in [1.29, 1.82) is 0 Å². The molecule has 1 atom stereocenters. The van der Waals surface area contributed by atoms with E-state index in [9.17, 15) is 13.2 Å². The Balaban J connectivity index is 1.44. The van der Waals surface area contributed by atoms with Crippen LogP contribution >= 0.6 is 12.2 Å². The molecule has 1 saturated carbocycles. The normalized spacial score (nSPS) is 20.8. The molecule has 0 spiro atoms. The Kier molecular flexibility index (Phi) is 5.58. The molecule has 1 aromatic carbocycles. The first-order valence-electron chi connectivity index (χ1n) is 9.76. The third kappa shape index (κ3) is 4.76. The van der Waals surface area contributed by atoms with Crippen LogP contribution in [0, 0.1) is 4.77 Å². The Hall–Kier alpha value is -2.04. The summed E-state index contributed by atoms with van der Waals surface area (Å²) in [7, 11) is -1.19. The highest BCUT2D eigenvalue weighted by molar-refractivity contribution is 7.91. The molecular weight excluding hydrogens is 410 g/mol. The van der Waals surface area contributed by atoms with Crippen molar-refractivity contribution in [2.45, 2.75) is 37.9 Å². The van der Waals surface area contributed by atoms with Crippen LogP contribution in [-0.4, -0.2) is 64.7 Å². The van der Waals surface area contributed by atoms with E-state index in [-0.39, 0.29) is 30.0 Å². The Bertz CT molecular complexity index is 1060. The van der Waals surface area contributed by atoms with Gasteiger partial charge < -0.3 is 5.32 Å². The topological polar surface area (TPSA) is 89.2 Å². The van der Waals surface area contributed by atoms with Gasteiger partial charge in [-0.3, -0.25) is 14.3 Å². The van der Waals surface area contributed by atoms with Crippen LogP contribution in [0.1, 0.15) is 31.0 Å². The smallest absolute Gasteiger partial charge is 0.234 e. The number of amides is 1. The monoisotopic (exact) mass is 435 g/mol. The summed E-state index contributed by atoms with van der Waals surface area (Å²) in [5.41, 5.74) is 0.994. The third-order valence-electron chi connectivity index (χ3n) is 5.21. The summed E-state index contributed by atoms with van der Waals surface area (Å²) < 4.78 is 27.5. The summed E-state index contributed by atoms with van der Waals surface area (Å²) in [5.74, 6) is 1.38. The van der Waals surface area contributed by atoms with Crippen molar-refractivity contribution in [2.75, 3.05) is 25.1 Å². The first-order chi connectivity index (χ1) is 13.8. The Labute approximate surface area is 175 Å². The lowest BCUT2D eigenvalue weighted by Crippen LogP contribution is -2.42. The molecular formula is C19H25N5O3S2. The lowest BCUT2D eigenvalue weighted by atomic mass is 10.2. The zero-order chi connectivity index (χ0) is 20.6. The molecule has 1 unspecified atom stereocenters. The van der Waals surface area contributed by atoms with Gasteiger partial charge in [0.2, 0.25) is 10.7 Å². The second-order valence-electron chi connectivity index (χ2n) is 7.91. The zero-order valence-corrected chi connectivity index (χ0v) is 18.0. The number of benzene rings is 1. The number of nitrogens with one attached hydrogen (secondary N) is 1. The van der Waals surface area contributed by atoms with Crippen LogP contribution in [0.3, 0.4) is 0 Å². The number of hydrogen-bond donors (Lipinski definition) is 1. The summed E-state index contributed by atoms with van der Waals surface area (Å²) in [6.07, 6.45) is 2.71. The second-order valence-corrected chi connectivity index (χ2v) is 10.5. The third-order valence-corrected chi connectivity index (χ3v) is 7.37. The molecule has 10 heteroatoms. The lowest BCUT2D eigenvalue weighted by molar-refractivity contribution is -0.122. The van der Waals surface area contributed by atoms with Crippen molar-refractivity contribution in [3.05, 3.63) is 40.9 Å². The van der Waals surface area contributed by atoms with E-state index in [0.29, 0.717) is 23.8 Å². The van der Waals surface area contributed by atoms with Gasteiger partial charge in [-0.1, -0.05) is 18.2 Å². The van der Waals surface area contributed by atoms with Crippen LogP contribution in [0.5, 0.6) is 0 Å². The highest BCUT2D eigenvalue weighted by Gasteiger charge is 2.31. The molecule has 1 N–H and O–H groups in total. The minimum absolute atomic E-state index is 0.0275. The predicted octanol–water partition coefficient (Wildman–Crippen LogP) is 1.47. The van der Waals surface area contributed by atoms with Gasteiger partial charge in [0.15, 0.2) is 9.84 Å². The molecule has 1 amide bonds. The highest BCUT2D eigenvalue weighted by Crippen LogP contribution is 2.40. The van der Waals surface area contributed by atoms with Crippen LogP contribution < -0.4 is 5.32 Å². The summed E-state index contributed by atoms with van der Waals surface area (Å²) in [4.78, 5) is 14.1. The average molecular weight is 436 g/mol. The fourth-order valence-corrected chi connectivity index (χ4v) is 5.62. The predicted molar refractivity (Wildman–Crippen MR) is 112 cm³/mol. The average Bonchev–Trinajstić information content (AvgIpc) is 3.38. The molecule has 0 bridgehead atoms. The van der Waals surface area contributed by atoms with Crippen LogP contribution in [0.2, 0.25) is 0 Å². The molecule has 4 rings (SSSR count). The van der Waals surface area contributed by atoms with Crippen LogP contribution in [0.4, 0.5) is 0 Å². The first kappa shape index (κ1) is 20.2. The maximum Gasteiger partial charge on any atom is 0.234 e. The number of aromatic nitrogens is 3. The molecule has 2 fully saturated rings. The van der Waals surface area contributed by atoms with E-state index in [1.54, 1.807) is 4.68 Å². The minimum Gasteiger partial charge on any atom is -0.351 e. The maximum absolute atomic E-state index is 12.3. The van der Waals surface area contributed by atoms with Gasteiger partial charge in [-0.15, -0.1) is 0 Å². The summed E-state index contributed by atoms with van der Waals surface area (Å²) in [5, 5.41) is 7.56. The molecule has 2 aliphatic rings. The number of carbonyl (C=O) groups is 1. The van der Waals surface area contributed by atoms with Crippen molar-refractivity contribution in [2.24, 2.45) is 0 Å². The van der Waals surface area contributed by atoms with E-state index < -0.39 is 9.84 Å². The van der Waals surface area contributed by atoms with Crippen molar-refractivity contribution < 1.29 is 13.2 Å². The Morgan fingerprint density at radius 1 is 1.28 bits per heavy atom. The SMILES string of the molecule is CN(CC(=O)NC1CCS(=O)(=O)C1)Cn1nc(C2CC2)n(-c2ccccc2)c1=S. The van der Waals surface area contributed by atoms with Crippen LogP contribution in [0.25, 0.3) is 5.69 Å². The number of likely N-dealkylation sites (N-methyl/N-ethyl adjacent to an activating group) is 1. The van der Waals surface area contributed by atoms with Gasteiger partial charge >= 0.3 is 0 Å². The van der Waals surface area contributed by atoms with Gasteiger partial charge in [-0.05, 0) is 50.7 Å². The van der Waals surface area contributed by atoms with Gasteiger partial charge in [-0.2, -0.15) is 5.10 Å². The van der Waals surface area contributed by atoms with Crippen molar-refractivity contribution in [3.8, 4) is 5.69 Å². The van der Waals surface area contributed by atoms with E-state index in [1.807, 2.05) is 46.8 Å². The van der Waals surface area contributed by atoms with Crippen LogP contribution in [-0.2, 0) is 21.3 Å². The molecule has 1 aliphatic heterocycles. The summed E-state index contributed by atoms with van der Waals surface area (Å²) >= 11 is 5.68. The number of hydrogen-bond acceptors (Lipinski definition) is 6. The number of carbonyl (C=O) groups excluding carboxylic acids is 1.